The van der Waals surface area contributed by atoms with E-state index in [1.807, 2.05) is 41.5 Å². The smallest absolute Gasteiger partial charge is 0.142 e. The molecule has 3 heterocycles. The van der Waals surface area contributed by atoms with E-state index in [1.165, 1.54) is 16.6 Å². The minimum absolute atomic E-state index is 0.167. The van der Waals surface area contributed by atoms with Gasteiger partial charge in [0.2, 0.25) is 0 Å². The van der Waals surface area contributed by atoms with Gasteiger partial charge in [-0.1, -0.05) is 51.4 Å². The Morgan fingerprint density at radius 3 is 2.66 bits per heavy atom. The second-order valence-electron chi connectivity index (χ2n) is 8.34. The molecule has 0 radical (unpaired) electrons. The molecule has 174 valence electrons. The molecule has 0 fully saturated rings. The van der Waals surface area contributed by atoms with E-state index in [-0.39, 0.29) is 14.7 Å². The standard InChI is InChI=1S/C27H21BrFN5S/c28-35-12-11-24-26(30-18-33(27(24)35)16-19-5-2-1-3-6-19)32-23-9-10-25-21(14-23)15-31-34(25)17-20-7-4-8-22(29)13-20/h1-15,18,32H,16-17H2. The average Bonchev–Trinajstić information content (AvgIpc) is 3.45. The van der Waals surface area contributed by atoms with E-state index >= 15 is 0 Å². The zero-order chi connectivity index (χ0) is 23.8. The Bertz CT molecular complexity index is 1550. The molecule has 5 nitrogen and oxygen atoms in total. The molecule has 1 atom stereocenters. The summed E-state index contributed by atoms with van der Waals surface area (Å²) in [5.74, 6) is 0.584. The molecule has 0 amide bonds. The average molecular weight is 546 g/mol. The monoisotopic (exact) mass is 545 g/mol. The summed E-state index contributed by atoms with van der Waals surface area (Å²) < 4.78 is 15.5. The molecular weight excluding hydrogens is 525 g/mol. The van der Waals surface area contributed by atoms with Crippen LogP contribution in [0.2, 0.25) is 0 Å². The van der Waals surface area contributed by atoms with Gasteiger partial charge in [0.05, 0.1) is 29.6 Å². The molecular formula is C27H21BrFN5S. The number of anilines is 1. The first-order chi connectivity index (χ1) is 17.1. The van der Waals surface area contributed by atoms with Crippen molar-refractivity contribution >= 4 is 51.6 Å². The molecule has 4 aromatic rings. The fraction of sp³-hybridized carbons (Fsp3) is 0.0741. The Morgan fingerprint density at radius 2 is 1.80 bits per heavy atom. The number of halogens is 2. The molecule has 6 rings (SSSR count). The number of nitrogens with zero attached hydrogens (tertiary/aromatic N) is 4. The van der Waals surface area contributed by atoms with E-state index in [4.69, 9.17) is 4.99 Å². The molecule has 1 N–H and O–H groups in total. The van der Waals surface area contributed by atoms with Gasteiger partial charge in [-0.15, -0.1) is 0 Å². The fourth-order valence-electron chi connectivity index (χ4n) is 4.29. The van der Waals surface area contributed by atoms with Crippen molar-refractivity contribution in [3.63, 3.8) is 0 Å². The van der Waals surface area contributed by atoms with Crippen molar-refractivity contribution in [2.75, 3.05) is 5.32 Å². The van der Waals surface area contributed by atoms with E-state index in [0.717, 1.165) is 40.1 Å². The van der Waals surface area contributed by atoms with Crippen LogP contribution >= 0.6 is 23.7 Å². The number of aromatic nitrogens is 2. The van der Waals surface area contributed by atoms with Crippen molar-refractivity contribution in [3.05, 3.63) is 119 Å². The number of nitrogens with one attached hydrogen (secondary N) is 1. The summed E-state index contributed by atoms with van der Waals surface area (Å²) in [6.45, 7) is 1.28. The summed E-state index contributed by atoms with van der Waals surface area (Å²) in [5.41, 5.74) is 5.13. The van der Waals surface area contributed by atoms with E-state index in [9.17, 15) is 4.39 Å². The van der Waals surface area contributed by atoms with Gasteiger partial charge in [0.25, 0.3) is 0 Å². The normalized spacial score (nSPS) is 16.9. The molecule has 3 aromatic carbocycles. The van der Waals surface area contributed by atoms with Crippen molar-refractivity contribution in [2.45, 2.75) is 13.1 Å². The van der Waals surface area contributed by atoms with Crippen LogP contribution in [0.25, 0.3) is 10.9 Å². The van der Waals surface area contributed by atoms with Gasteiger partial charge >= 0.3 is 0 Å². The molecule has 8 heteroatoms. The van der Waals surface area contributed by atoms with Gasteiger partial charge in [-0.2, -0.15) is 5.10 Å². The number of rotatable bonds is 6. The van der Waals surface area contributed by atoms with Crippen LogP contribution in [0.5, 0.6) is 0 Å². The van der Waals surface area contributed by atoms with Crippen LogP contribution in [0.15, 0.2) is 107 Å². The SMILES string of the molecule is Fc1cccc(Cn2ncc3cc(NC4=C5C=CS(Br)=C5N(Cc5ccccc5)C=N4)ccc32)c1. The Balaban J connectivity index is 1.24. The van der Waals surface area contributed by atoms with Crippen molar-refractivity contribution in [3.8, 4) is 0 Å². The van der Waals surface area contributed by atoms with Crippen molar-refractivity contribution in [1.82, 2.24) is 14.7 Å². The summed E-state index contributed by atoms with van der Waals surface area (Å²) >= 11 is 3.82. The van der Waals surface area contributed by atoms with E-state index in [2.05, 4.69) is 71.9 Å². The lowest BCUT2D eigenvalue weighted by Gasteiger charge is -2.27. The number of fused-ring (bicyclic) bond motifs is 2. The van der Waals surface area contributed by atoms with Gasteiger partial charge < -0.3 is 10.2 Å². The van der Waals surface area contributed by atoms with Crippen LogP contribution in [0.4, 0.5) is 10.1 Å². The van der Waals surface area contributed by atoms with Gasteiger partial charge in [0.1, 0.15) is 11.6 Å². The molecule has 0 spiro atoms. The van der Waals surface area contributed by atoms with Crippen LogP contribution in [0.1, 0.15) is 11.1 Å². The van der Waals surface area contributed by atoms with Crippen LogP contribution in [0, 0.1) is 5.82 Å². The molecule has 1 aromatic heterocycles. The molecule has 0 saturated carbocycles. The third-order valence-electron chi connectivity index (χ3n) is 5.93. The zero-order valence-corrected chi connectivity index (χ0v) is 21.0. The second kappa shape index (κ2) is 9.28. The third kappa shape index (κ3) is 4.47. The largest absolute Gasteiger partial charge is 0.340 e. The van der Waals surface area contributed by atoms with Gasteiger partial charge in [-0.05, 0) is 67.8 Å². The van der Waals surface area contributed by atoms with E-state index in [0.29, 0.717) is 6.54 Å². The highest BCUT2D eigenvalue weighted by molar-refractivity contribution is 9.53. The molecule has 35 heavy (non-hydrogen) atoms. The first-order valence-electron chi connectivity index (χ1n) is 11.1. The van der Waals surface area contributed by atoms with Crippen LogP contribution in [0.3, 0.4) is 0 Å². The predicted octanol–water partition coefficient (Wildman–Crippen LogP) is 6.63. The maximum absolute atomic E-state index is 13.6. The maximum atomic E-state index is 13.6. The minimum Gasteiger partial charge on any atom is -0.340 e. The molecule has 0 aliphatic carbocycles. The summed E-state index contributed by atoms with van der Waals surface area (Å²) in [6, 6.07) is 23.2. The highest BCUT2D eigenvalue weighted by Gasteiger charge is 2.25. The lowest BCUT2D eigenvalue weighted by Crippen LogP contribution is -2.33. The van der Waals surface area contributed by atoms with E-state index < -0.39 is 0 Å². The summed E-state index contributed by atoms with van der Waals surface area (Å²) in [4.78, 5) is 8.16. The van der Waals surface area contributed by atoms with E-state index in [1.54, 1.807) is 12.1 Å². The van der Waals surface area contributed by atoms with Gasteiger partial charge in [0, 0.05) is 23.2 Å². The lowest BCUT2D eigenvalue weighted by molar-refractivity contribution is 0.621. The topological polar surface area (TPSA) is 45.5 Å². The second-order valence-corrected chi connectivity index (χ2v) is 11.7. The first-order valence-corrected chi connectivity index (χ1v) is 14.3. The van der Waals surface area contributed by atoms with Gasteiger partial charge in [-0.3, -0.25) is 4.68 Å². The fourth-order valence-corrected chi connectivity index (χ4v) is 6.79. The predicted molar refractivity (Wildman–Crippen MR) is 147 cm³/mol. The molecule has 2 aliphatic rings. The van der Waals surface area contributed by atoms with Crippen LogP contribution in [-0.2, 0) is 13.1 Å². The van der Waals surface area contributed by atoms with Gasteiger partial charge in [0.15, 0.2) is 0 Å². The Hall–Kier alpha value is -3.49. The third-order valence-corrected chi connectivity index (χ3v) is 8.70. The molecule has 0 bridgehead atoms. The minimum atomic E-state index is -0.237. The highest BCUT2D eigenvalue weighted by atomic mass is 79.9. The number of aliphatic imine (C=N–C) groups is 1. The highest BCUT2D eigenvalue weighted by Crippen LogP contribution is 2.39. The van der Waals surface area contributed by atoms with Crippen LogP contribution < -0.4 is 5.32 Å². The van der Waals surface area contributed by atoms with Gasteiger partial charge in [-0.25, -0.2) is 9.38 Å². The Labute approximate surface area is 212 Å². The maximum Gasteiger partial charge on any atom is 0.142 e. The molecule has 0 saturated heterocycles. The van der Waals surface area contributed by atoms with Crippen LogP contribution in [-0.4, -0.2) is 26.0 Å². The van der Waals surface area contributed by atoms with Crippen molar-refractivity contribution in [2.24, 2.45) is 4.99 Å². The number of hydrogen-bond donors (Lipinski definition) is 1. The Morgan fingerprint density at radius 1 is 0.943 bits per heavy atom. The molecule has 1 unspecified atom stereocenters. The number of hydrogen-bond acceptors (Lipinski definition) is 4. The molecule has 2 aliphatic heterocycles. The number of benzene rings is 3. The first kappa shape index (κ1) is 22.0. The lowest BCUT2D eigenvalue weighted by atomic mass is 10.1. The Kier molecular flexibility index (Phi) is 5.83. The van der Waals surface area contributed by atoms with Crippen molar-refractivity contribution < 1.29 is 4.39 Å². The van der Waals surface area contributed by atoms with Crippen molar-refractivity contribution in [1.29, 1.82) is 0 Å². The summed E-state index contributed by atoms with van der Waals surface area (Å²) in [5, 5.41) is 11.2. The summed E-state index contributed by atoms with van der Waals surface area (Å²) in [7, 11) is -0.167. The zero-order valence-electron chi connectivity index (χ0n) is 18.6. The summed E-state index contributed by atoms with van der Waals surface area (Å²) in [6.07, 6.45) is 5.86. The quantitative estimate of drug-likeness (QED) is 0.276.